The van der Waals surface area contributed by atoms with E-state index in [1.54, 1.807) is 0 Å². The highest BCUT2D eigenvalue weighted by Crippen LogP contribution is 2.39. The van der Waals surface area contributed by atoms with Gasteiger partial charge in [-0.15, -0.1) is 0 Å². The molecular weight excluding hydrogens is 352 g/mol. The Bertz CT molecular complexity index is 1180. The van der Waals surface area contributed by atoms with E-state index in [1.807, 2.05) is 36.4 Å². The number of benzene rings is 2. The lowest BCUT2D eigenvalue weighted by molar-refractivity contribution is 0.582. The van der Waals surface area contributed by atoms with Crippen molar-refractivity contribution in [2.24, 2.45) is 0 Å². The summed E-state index contributed by atoms with van der Waals surface area (Å²) in [4.78, 5) is 0. The molecule has 0 amide bonds. The standard InChI is InChI=1S/C28H21O/c1-20-12-14-21-15-17-26(25(21)16-13-20)24-18-27(22-8-4-2-5-9-22)29-28(19-24)23-10-6-3-7-11-23/h2-19H,1H3/q+1. The van der Waals surface area contributed by atoms with Crippen LogP contribution in [0.15, 0.2) is 114 Å². The minimum absolute atomic E-state index is 0.868. The van der Waals surface area contributed by atoms with E-state index in [9.17, 15) is 0 Å². The Kier molecular flexibility index (Phi) is 4.42. The molecule has 0 radical (unpaired) electrons. The maximum absolute atomic E-state index is 6.34. The van der Waals surface area contributed by atoms with Gasteiger partial charge in [-0.05, 0) is 47.9 Å². The highest BCUT2D eigenvalue weighted by molar-refractivity contribution is 5.88. The number of rotatable bonds is 3. The van der Waals surface area contributed by atoms with Crippen molar-refractivity contribution < 1.29 is 4.42 Å². The summed E-state index contributed by atoms with van der Waals surface area (Å²) in [7, 11) is 0. The van der Waals surface area contributed by atoms with Crippen LogP contribution in [0.1, 0.15) is 5.56 Å². The molecule has 2 aromatic carbocycles. The quantitative estimate of drug-likeness (QED) is 0.292. The van der Waals surface area contributed by atoms with Gasteiger partial charge in [0.25, 0.3) is 0 Å². The van der Waals surface area contributed by atoms with Crippen molar-refractivity contribution >= 4 is 0 Å². The summed E-state index contributed by atoms with van der Waals surface area (Å²) in [5, 5.41) is 0. The van der Waals surface area contributed by atoms with Gasteiger partial charge < -0.3 is 0 Å². The van der Waals surface area contributed by atoms with Crippen molar-refractivity contribution in [3.05, 3.63) is 115 Å². The van der Waals surface area contributed by atoms with Crippen LogP contribution in [0.25, 0.3) is 44.9 Å². The summed E-state index contributed by atoms with van der Waals surface area (Å²) in [6.45, 7) is 2.13. The summed E-state index contributed by atoms with van der Waals surface area (Å²) in [6.07, 6.45) is 0. The van der Waals surface area contributed by atoms with Crippen LogP contribution in [0.2, 0.25) is 0 Å². The van der Waals surface area contributed by atoms with E-state index in [0.29, 0.717) is 0 Å². The summed E-state index contributed by atoms with van der Waals surface area (Å²) < 4.78 is 6.34. The van der Waals surface area contributed by atoms with E-state index in [4.69, 9.17) is 4.42 Å². The number of hydrogen-bond acceptors (Lipinski definition) is 0. The molecule has 0 fully saturated rings. The predicted octanol–water partition coefficient (Wildman–Crippen LogP) is 7.97. The Labute approximate surface area is 171 Å². The smallest absolute Gasteiger partial charge is 0.207 e. The number of fused-ring (bicyclic) bond motifs is 1. The SMILES string of the molecule is Cc1ccc2ccc(-c3cc(-c4ccccc4)[o+]c(-c4ccccc4)c3)c-2cc1. The van der Waals surface area contributed by atoms with Gasteiger partial charge in [0.2, 0.25) is 0 Å². The van der Waals surface area contributed by atoms with Gasteiger partial charge in [-0.3, -0.25) is 0 Å². The van der Waals surface area contributed by atoms with Gasteiger partial charge >= 0.3 is 11.5 Å². The van der Waals surface area contributed by atoms with E-state index in [1.165, 1.54) is 22.3 Å². The van der Waals surface area contributed by atoms with Gasteiger partial charge in [0.15, 0.2) is 0 Å². The highest BCUT2D eigenvalue weighted by Gasteiger charge is 2.22. The maximum atomic E-state index is 6.34. The van der Waals surface area contributed by atoms with Crippen LogP contribution in [0.4, 0.5) is 0 Å². The van der Waals surface area contributed by atoms with Gasteiger partial charge in [0, 0.05) is 5.56 Å². The van der Waals surface area contributed by atoms with Crippen LogP contribution in [-0.4, -0.2) is 0 Å². The minimum Gasteiger partial charge on any atom is -0.207 e. The number of hydrogen-bond donors (Lipinski definition) is 0. The molecule has 2 aliphatic rings. The van der Waals surface area contributed by atoms with Crippen molar-refractivity contribution in [3.8, 4) is 44.9 Å². The minimum atomic E-state index is 0.868. The van der Waals surface area contributed by atoms with Gasteiger partial charge in [0.1, 0.15) is 0 Å². The Morgan fingerprint density at radius 1 is 0.448 bits per heavy atom. The Morgan fingerprint density at radius 3 is 1.55 bits per heavy atom. The largest absolute Gasteiger partial charge is 0.361 e. The fraction of sp³-hybridized carbons (Fsp3) is 0.0357. The zero-order valence-electron chi connectivity index (χ0n) is 16.3. The zero-order chi connectivity index (χ0) is 19.6. The molecule has 0 bridgehead atoms. The van der Waals surface area contributed by atoms with E-state index in [2.05, 4.69) is 79.7 Å². The molecule has 2 aliphatic carbocycles. The lowest BCUT2D eigenvalue weighted by Crippen LogP contribution is -1.86. The van der Waals surface area contributed by atoms with E-state index >= 15 is 0 Å². The maximum Gasteiger partial charge on any atom is 0.361 e. The van der Waals surface area contributed by atoms with Crippen LogP contribution >= 0.6 is 0 Å². The Balaban J connectivity index is 1.73. The molecule has 0 unspecified atom stereocenters. The molecular formula is C28H21O+. The van der Waals surface area contributed by atoms with Crippen LogP contribution in [0, 0.1) is 6.92 Å². The van der Waals surface area contributed by atoms with Crippen LogP contribution in [0.5, 0.6) is 0 Å². The molecule has 0 saturated heterocycles. The van der Waals surface area contributed by atoms with Gasteiger partial charge in [-0.1, -0.05) is 78.4 Å². The van der Waals surface area contributed by atoms with E-state index < -0.39 is 0 Å². The predicted molar refractivity (Wildman–Crippen MR) is 121 cm³/mol. The second-order valence-corrected chi connectivity index (χ2v) is 7.33. The third-order valence-electron chi connectivity index (χ3n) is 5.29. The highest BCUT2D eigenvalue weighted by atomic mass is 16.3. The average molecular weight is 373 g/mol. The van der Waals surface area contributed by atoms with Crippen molar-refractivity contribution in [2.45, 2.75) is 6.92 Å². The second kappa shape index (κ2) is 7.37. The van der Waals surface area contributed by atoms with Crippen molar-refractivity contribution in [1.29, 1.82) is 0 Å². The lowest BCUT2D eigenvalue weighted by Gasteiger charge is -2.03. The monoisotopic (exact) mass is 373 g/mol. The first kappa shape index (κ1) is 17.4. The molecule has 1 heteroatoms. The summed E-state index contributed by atoms with van der Waals surface area (Å²) in [5.41, 5.74) is 8.28. The summed E-state index contributed by atoms with van der Waals surface area (Å²) in [6, 6.07) is 38.0. The molecule has 0 saturated carbocycles. The molecule has 138 valence electrons. The van der Waals surface area contributed by atoms with Crippen LogP contribution < -0.4 is 0 Å². The average Bonchev–Trinajstić information content (AvgIpc) is 3.11. The molecule has 1 heterocycles. The molecule has 0 aliphatic heterocycles. The first-order valence-electron chi connectivity index (χ1n) is 9.87. The Hall–Kier alpha value is -3.71. The van der Waals surface area contributed by atoms with Gasteiger partial charge in [-0.2, -0.15) is 0 Å². The fourth-order valence-electron chi connectivity index (χ4n) is 3.73. The fourth-order valence-corrected chi connectivity index (χ4v) is 3.73. The summed E-state index contributed by atoms with van der Waals surface area (Å²) >= 11 is 0. The second-order valence-electron chi connectivity index (χ2n) is 7.33. The topological polar surface area (TPSA) is 11.3 Å². The first-order chi connectivity index (χ1) is 14.3. The molecule has 0 N–H and O–H groups in total. The normalized spacial score (nSPS) is 10.9. The molecule has 0 spiro atoms. The molecule has 0 atom stereocenters. The molecule has 5 rings (SSSR count). The molecule has 3 aromatic rings. The first-order valence-corrected chi connectivity index (χ1v) is 9.87. The molecule has 1 aromatic heterocycles. The van der Waals surface area contributed by atoms with E-state index in [-0.39, 0.29) is 0 Å². The molecule has 1 nitrogen and oxygen atoms in total. The summed E-state index contributed by atoms with van der Waals surface area (Å²) in [5.74, 6) is 1.74. The van der Waals surface area contributed by atoms with Gasteiger partial charge in [-0.25, -0.2) is 4.42 Å². The zero-order valence-corrected chi connectivity index (χ0v) is 16.3. The lowest BCUT2D eigenvalue weighted by atomic mass is 10.00. The van der Waals surface area contributed by atoms with Crippen LogP contribution in [0.3, 0.4) is 0 Å². The van der Waals surface area contributed by atoms with Crippen molar-refractivity contribution in [2.75, 3.05) is 0 Å². The van der Waals surface area contributed by atoms with Crippen LogP contribution in [-0.2, 0) is 0 Å². The number of aryl methyl sites for hydroxylation is 1. The van der Waals surface area contributed by atoms with Gasteiger partial charge in [0.05, 0.1) is 23.3 Å². The third-order valence-corrected chi connectivity index (χ3v) is 5.29. The van der Waals surface area contributed by atoms with E-state index in [0.717, 1.165) is 28.2 Å². The van der Waals surface area contributed by atoms with Crippen molar-refractivity contribution in [3.63, 3.8) is 0 Å². The third kappa shape index (κ3) is 3.43. The van der Waals surface area contributed by atoms with Crippen molar-refractivity contribution in [1.82, 2.24) is 0 Å². The Morgan fingerprint density at radius 2 is 0.931 bits per heavy atom. The molecule has 29 heavy (non-hydrogen) atoms.